The van der Waals surface area contributed by atoms with Crippen molar-refractivity contribution >= 4 is 27.9 Å². The Bertz CT molecular complexity index is 412. The molecule has 94 valence electrons. The lowest BCUT2D eigenvalue weighted by molar-refractivity contribution is 0.0960. The molecule has 1 aromatic rings. The quantitative estimate of drug-likeness (QED) is 0.843. The molecule has 3 N–H and O–H groups in total. The molecule has 1 fully saturated rings. The predicted molar refractivity (Wildman–Crippen MR) is 72.7 cm³/mol. The normalized spacial score (nSPS) is 14.7. The van der Waals surface area contributed by atoms with Gasteiger partial charge < -0.3 is 16.0 Å². The lowest BCUT2D eigenvalue weighted by atomic mass is 10.3. The maximum Gasteiger partial charge on any atom is 0.263 e. The van der Waals surface area contributed by atoms with Crippen molar-refractivity contribution < 1.29 is 4.79 Å². The van der Waals surface area contributed by atoms with Crippen LogP contribution in [0.3, 0.4) is 0 Å². The Balaban J connectivity index is 2.08. The summed E-state index contributed by atoms with van der Waals surface area (Å²) in [5.41, 5.74) is 6.46. The highest BCUT2D eigenvalue weighted by atomic mass is 32.1. The molecule has 0 atom stereocenters. The highest BCUT2D eigenvalue weighted by Gasteiger charge is 2.24. The molecule has 1 heterocycles. The summed E-state index contributed by atoms with van der Waals surface area (Å²) in [4.78, 5) is 14.6. The van der Waals surface area contributed by atoms with Crippen molar-refractivity contribution in [3.05, 3.63) is 10.9 Å². The van der Waals surface area contributed by atoms with Crippen molar-refractivity contribution in [2.75, 3.05) is 30.8 Å². The van der Waals surface area contributed by atoms with Gasteiger partial charge in [0.25, 0.3) is 5.91 Å². The molecule has 0 bridgehead atoms. The fourth-order valence-electron chi connectivity index (χ4n) is 1.78. The topological polar surface area (TPSA) is 58.4 Å². The van der Waals surface area contributed by atoms with Gasteiger partial charge in [-0.15, -0.1) is 11.3 Å². The molecule has 1 saturated carbocycles. The van der Waals surface area contributed by atoms with Crippen LogP contribution in [-0.2, 0) is 0 Å². The molecule has 0 aliphatic heterocycles. The van der Waals surface area contributed by atoms with Gasteiger partial charge in [-0.25, -0.2) is 0 Å². The Labute approximate surface area is 106 Å². The zero-order chi connectivity index (χ0) is 12.4. The minimum atomic E-state index is -0.0685. The van der Waals surface area contributed by atoms with Crippen molar-refractivity contribution in [3.63, 3.8) is 0 Å². The van der Waals surface area contributed by atoms with Gasteiger partial charge in [0.1, 0.15) is 4.88 Å². The number of nitrogens with zero attached hydrogens (tertiary/aromatic N) is 1. The van der Waals surface area contributed by atoms with Crippen LogP contribution in [0.5, 0.6) is 0 Å². The van der Waals surface area contributed by atoms with E-state index in [0.29, 0.717) is 17.1 Å². The van der Waals surface area contributed by atoms with E-state index in [9.17, 15) is 4.79 Å². The first-order valence-corrected chi connectivity index (χ1v) is 6.82. The fourth-order valence-corrected chi connectivity index (χ4v) is 2.74. The van der Waals surface area contributed by atoms with Gasteiger partial charge >= 0.3 is 0 Å². The van der Waals surface area contributed by atoms with E-state index >= 15 is 0 Å². The number of nitrogens with two attached hydrogens (primary N) is 1. The van der Waals surface area contributed by atoms with Crippen molar-refractivity contribution in [1.29, 1.82) is 0 Å². The van der Waals surface area contributed by atoms with E-state index in [2.05, 4.69) is 17.3 Å². The number of thiophene rings is 1. The van der Waals surface area contributed by atoms with Crippen LogP contribution in [0.15, 0.2) is 6.07 Å². The fraction of sp³-hybridized carbons (Fsp3) is 0.583. The molecule has 0 aromatic carbocycles. The average molecular weight is 253 g/mol. The summed E-state index contributed by atoms with van der Waals surface area (Å²) in [5, 5.41) is 3.86. The molecule has 1 amide bonds. The van der Waals surface area contributed by atoms with Crippen LogP contribution in [0, 0.1) is 5.92 Å². The summed E-state index contributed by atoms with van der Waals surface area (Å²) in [6.07, 6.45) is 2.66. The van der Waals surface area contributed by atoms with Crippen molar-refractivity contribution in [3.8, 4) is 0 Å². The molecular weight excluding hydrogens is 234 g/mol. The van der Waals surface area contributed by atoms with Crippen molar-refractivity contribution in [1.82, 2.24) is 5.32 Å². The van der Waals surface area contributed by atoms with Gasteiger partial charge in [0, 0.05) is 20.1 Å². The van der Waals surface area contributed by atoms with Crippen LogP contribution in [0.4, 0.5) is 10.7 Å². The predicted octanol–water partition coefficient (Wildman–Crippen LogP) is 1.93. The summed E-state index contributed by atoms with van der Waals surface area (Å²) < 4.78 is 0. The molecule has 1 aromatic heterocycles. The minimum absolute atomic E-state index is 0.0685. The standard InChI is InChI=1S/C12H19N3OS/c1-3-14-12(16)11-9(13)6-10(17-11)15(2)7-8-4-5-8/h6,8H,3-5,7,13H2,1-2H3,(H,14,16). The molecule has 4 nitrogen and oxygen atoms in total. The first-order valence-electron chi connectivity index (χ1n) is 6.00. The van der Waals surface area contributed by atoms with Crippen LogP contribution >= 0.6 is 11.3 Å². The number of hydrogen-bond acceptors (Lipinski definition) is 4. The second kappa shape index (κ2) is 4.96. The average Bonchev–Trinajstić information content (AvgIpc) is 2.99. The van der Waals surface area contributed by atoms with E-state index in [4.69, 9.17) is 5.73 Å². The van der Waals surface area contributed by atoms with E-state index in [1.54, 1.807) is 0 Å². The number of carbonyl (C=O) groups is 1. The maximum absolute atomic E-state index is 11.7. The number of nitrogens with one attached hydrogen (secondary N) is 1. The molecule has 0 radical (unpaired) electrons. The Morgan fingerprint density at radius 3 is 2.94 bits per heavy atom. The van der Waals surface area contributed by atoms with Gasteiger partial charge in [0.05, 0.1) is 10.7 Å². The van der Waals surface area contributed by atoms with E-state index in [0.717, 1.165) is 17.5 Å². The van der Waals surface area contributed by atoms with Crippen molar-refractivity contribution in [2.45, 2.75) is 19.8 Å². The summed E-state index contributed by atoms with van der Waals surface area (Å²) in [6.45, 7) is 3.60. The van der Waals surface area contributed by atoms with E-state index in [1.165, 1.54) is 24.2 Å². The number of amides is 1. The highest BCUT2D eigenvalue weighted by molar-refractivity contribution is 7.18. The number of hydrogen-bond donors (Lipinski definition) is 2. The molecule has 2 rings (SSSR count). The van der Waals surface area contributed by atoms with E-state index in [1.807, 2.05) is 13.0 Å². The lowest BCUT2D eigenvalue weighted by Gasteiger charge is -2.15. The molecule has 0 unspecified atom stereocenters. The van der Waals surface area contributed by atoms with Gasteiger partial charge in [-0.2, -0.15) is 0 Å². The van der Waals surface area contributed by atoms with Crippen molar-refractivity contribution in [2.24, 2.45) is 5.92 Å². The molecule has 1 aliphatic rings. The van der Waals surface area contributed by atoms with E-state index in [-0.39, 0.29) is 5.91 Å². The third kappa shape index (κ3) is 2.91. The van der Waals surface area contributed by atoms with E-state index < -0.39 is 0 Å². The van der Waals surface area contributed by atoms with Gasteiger partial charge in [0.15, 0.2) is 0 Å². The molecule has 5 heteroatoms. The number of anilines is 2. The minimum Gasteiger partial charge on any atom is -0.397 e. The third-order valence-electron chi connectivity index (χ3n) is 2.90. The van der Waals surface area contributed by atoms with Crippen LogP contribution in [-0.4, -0.2) is 26.0 Å². The Hall–Kier alpha value is -1.23. The Morgan fingerprint density at radius 1 is 1.65 bits per heavy atom. The highest BCUT2D eigenvalue weighted by Crippen LogP contribution is 2.35. The second-order valence-corrected chi connectivity index (χ2v) is 5.58. The molecule has 17 heavy (non-hydrogen) atoms. The third-order valence-corrected chi connectivity index (χ3v) is 4.16. The van der Waals surface area contributed by atoms with Crippen LogP contribution in [0.25, 0.3) is 0 Å². The number of carbonyl (C=O) groups excluding carboxylic acids is 1. The number of nitrogen functional groups attached to an aromatic ring is 1. The SMILES string of the molecule is CCNC(=O)c1sc(N(C)CC2CC2)cc1N. The van der Waals surface area contributed by atoms with Gasteiger partial charge in [-0.3, -0.25) is 4.79 Å². The smallest absolute Gasteiger partial charge is 0.263 e. The maximum atomic E-state index is 11.7. The zero-order valence-corrected chi connectivity index (χ0v) is 11.1. The van der Waals surface area contributed by atoms with Crippen LogP contribution in [0.1, 0.15) is 29.4 Å². The van der Waals surface area contributed by atoms with Crippen LogP contribution < -0.4 is 16.0 Å². The molecule has 0 spiro atoms. The van der Waals surface area contributed by atoms with Gasteiger partial charge in [-0.1, -0.05) is 0 Å². The van der Waals surface area contributed by atoms with Crippen LogP contribution in [0.2, 0.25) is 0 Å². The summed E-state index contributed by atoms with van der Waals surface area (Å²) in [5.74, 6) is 0.761. The Morgan fingerprint density at radius 2 is 2.35 bits per heavy atom. The lowest BCUT2D eigenvalue weighted by Crippen LogP contribution is -2.22. The summed E-state index contributed by atoms with van der Waals surface area (Å²) >= 11 is 1.47. The molecular formula is C12H19N3OS. The van der Waals surface area contributed by atoms with Gasteiger partial charge in [-0.05, 0) is 31.7 Å². The summed E-state index contributed by atoms with van der Waals surface area (Å²) in [6, 6.07) is 1.90. The second-order valence-electron chi connectivity index (χ2n) is 4.55. The number of rotatable bonds is 5. The Kier molecular flexibility index (Phi) is 3.57. The summed E-state index contributed by atoms with van der Waals surface area (Å²) in [7, 11) is 2.06. The first kappa shape index (κ1) is 12.2. The molecule has 0 saturated heterocycles. The zero-order valence-electron chi connectivity index (χ0n) is 10.3. The van der Waals surface area contributed by atoms with Gasteiger partial charge in [0.2, 0.25) is 0 Å². The first-order chi connectivity index (χ1) is 8.11. The molecule has 1 aliphatic carbocycles. The largest absolute Gasteiger partial charge is 0.397 e. The monoisotopic (exact) mass is 253 g/mol.